The summed E-state index contributed by atoms with van der Waals surface area (Å²) in [4.78, 5) is 16.7. The predicted molar refractivity (Wildman–Crippen MR) is 63.4 cm³/mol. The van der Waals surface area contributed by atoms with Gasteiger partial charge in [-0.3, -0.25) is 0 Å². The van der Waals surface area contributed by atoms with Crippen molar-refractivity contribution < 1.29 is 4.74 Å². The van der Waals surface area contributed by atoms with Crippen molar-refractivity contribution in [2.24, 2.45) is 0 Å². The topological polar surface area (TPSA) is 86.8 Å². The Balaban J connectivity index is 2.55. The van der Waals surface area contributed by atoms with E-state index in [2.05, 4.69) is 19.9 Å². The number of hydrogen-bond donors (Lipinski definition) is 1. The second-order valence-electron chi connectivity index (χ2n) is 3.36. The van der Waals surface area contributed by atoms with E-state index in [0.717, 1.165) is 0 Å². The molecule has 17 heavy (non-hydrogen) atoms. The lowest BCUT2D eigenvalue weighted by Gasteiger charge is -2.06. The SMILES string of the molecule is CCc1nc(N)cc(-c2nccnc2OC)n1. The number of aromatic nitrogens is 4. The third-order valence-corrected chi connectivity index (χ3v) is 2.21. The molecule has 2 heterocycles. The first-order valence-electron chi connectivity index (χ1n) is 5.23. The Kier molecular flexibility index (Phi) is 3.13. The number of nitrogens with two attached hydrogens (primary N) is 1. The highest BCUT2D eigenvalue weighted by molar-refractivity contribution is 5.62. The molecule has 6 nitrogen and oxygen atoms in total. The third-order valence-electron chi connectivity index (χ3n) is 2.21. The number of rotatable bonds is 3. The largest absolute Gasteiger partial charge is 0.479 e. The van der Waals surface area contributed by atoms with Gasteiger partial charge < -0.3 is 10.5 Å². The van der Waals surface area contributed by atoms with Crippen LogP contribution in [0.3, 0.4) is 0 Å². The van der Waals surface area contributed by atoms with Gasteiger partial charge in [0.25, 0.3) is 0 Å². The maximum absolute atomic E-state index is 5.72. The Morgan fingerprint density at radius 1 is 1.24 bits per heavy atom. The minimum Gasteiger partial charge on any atom is -0.479 e. The molecule has 0 aliphatic heterocycles. The molecule has 0 amide bonds. The van der Waals surface area contributed by atoms with Gasteiger partial charge in [-0.05, 0) is 0 Å². The summed E-state index contributed by atoms with van der Waals surface area (Å²) in [5.41, 5.74) is 6.92. The highest BCUT2D eigenvalue weighted by Gasteiger charge is 2.11. The van der Waals surface area contributed by atoms with Crippen LogP contribution in [0.15, 0.2) is 18.5 Å². The summed E-state index contributed by atoms with van der Waals surface area (Å²) in [6.45, 7) is 1.96. The molecular weight excluding hydrogens is 218 g/mol. The molecular formula is C11H13N5O. The Labute approximate surface area is 98.9 Å². The van der Waals surface area contributed by atoms with E-state index >= 15 is 0 Å². The summed E-state index contributed by atoms with van der Waals surface area (Å²) >= 11 is 0. The number of methoxy groups -OCH3 is 1. The molecule has 2 aromatic rings. The monoisotopic (exact) mass is 231 g/mol. The number of nitrogen functional groups attached to an aromatic ring is 1. The Morgan fingerprint density at radius 3 is 2.71 bits per heavy atom. The molecule has 6 heteroatoms. The highest BCUT2D eigenvalue weighted by Crippen LogP contribution is 2.24. The molecule has 88 valence electrons. The fraction of sp³-hybridized carbons (Fsp3) is 0.273. The molecule has 0 aliphatic rings. The van der Waals surface area contributed by atoms with Crippen LogP contribution in [0.2, 0.25) is 0 Å². The van der Waals surface area contributed by atoms with Crippen LogP contribution < -0.4 is 10.5 Å². The molecule has 2 aromatic heterocycles. The Bertz CT molecular complexity index is 529. The van der Waals surface area contributed by atoms with Gasteiger partial charge in [-0.2, -0.15) is 0 Å². The fourth-order valence-corrected chi connectivity index (χ4v) is 1.45. The quantitative estimate of drug-likeness (QED) is 0.850. The first kappa shape index (κ1) is 11.3. The van der Waals surface area contributed by atoms with Gasteiger partial charge >= 0.3 is 0 Å². The van der Waals surface area contributed by atoms with Gasteiger partial charge in [0, 0.05) is 24.9 Å². The van der Waals surface area contributed by atoms with Gasteiger partial charge in [0.05, 0.1) is 7.11 Å². The van der Waals surface area contributed by atoms with Gasteiger partial charge in [-0.15, -0.1) is 0 Å². The van der Waals surface area contributed by atoms with Crippen molar-refractivity contribution in [1.29, 1.82) is 0 Å². The van der Waals surface area contributed by atoms with E-state index in [0.29, 0.717) is 35.3 Å². The van der Waals surface area contributed by atoms with E-state index in [4.69, 9.17) is 10.5 Å². The third kappa shape index (κ3) is 2.30. The minimum atomic E-state index is 0.416. The fourth-order valence-electron chi connectivity index (χ4n) is 1.45. The molecule has 2 rings (SSSR count). The minimum absolute atomic E-state index is 0.416. The van der Waals surface area contributed by atoms with E-state index in [1.165, 1.54) is 0 Å². The average molecular weight is 231 g/mol. The molecule has 0 radical (unpaired) electrons. The number of hydrogen-bond acceptors (Lipinski definition) is 6. The van der Waals surface area contributed by atoms with Crippen molar-refractivity contribution in [2.75, 3.05) is 12.8 Å². The van der Waals surface area contributed by atoms with E-state index in [1.807, 2.05) is 6.92 Å². The molecule has 0 spiro atoms. The first-order valence-corrected chi connectivity index (χ1v) is 5.23. The summed E-state index contributed by atoms with van der Waals surface area (Å²) in [6.07, 6.45) is 3.86. The Morgan fingerprint density at radius 2 is 2.00 bits per heavy atom. The van der Waals surface area contributed by atoms with Gasteiger partial charge in [0.15, 0.2) is 5.69 Å². The summed E-state index contributed by atoms with van der Waals surface area (Å²) in [6, 6.07) is 1.66. The lowest BCUT2D eigenvalue weighted by molar-refractivity contribution is 0.397. The second-order valence-corrected chi connectivity index (χ2v) is 3.36. The van der Waals surface area contributed by atoms with Gasteiger partial charge in [0.2, 0.25) is 5.88 Å². The Hall–Kier alpha value is -2.24. The molecule has 0 fully saturated rings. The van der Waals surface area contributed by atoms with Crippen LogP contribution in [-0.4, -0.2) is 27.0 Å². The molecule has 0 saturated carbocycles. The molecule has 0 saturated heterocycles. The van der Waals surface area contributed by atoms with Crippen molar-refractivity contribution >= 4 is 5.82 Å². The zero-order chi connectivity index (χ0) is 12.3. The van der Waals surface area contributed by atoms with Crippen molar-refractivity contribution in [3.05, 3.63) is 24.3 Å². The van der Waals surface area contributed by atoms with E-state index < -0.39 is 0 Å². The van der Waals surface area contributed by atoms with Crippen LogP contribution in [0.4, 0.5) is 5.82 Å². The summed E-state index contributed by atoms with van der Waals surface area (Å²) in [5.74, 6) is 1.51. The number of anilines is 1. The van der Waals surface area contributed by atoms with Gasteiger partial charge in [-0.1, -0.05) is 6.92 Å². The second kappa shape index (κ2) is 4.73. The van der Waals surface area contributed by atoms with Crippen LogP contribution in [0.5, 0.6) is 5.88 Å². The van der Waals surface area contributed by atoms with Crippen LogP contribution in [0, 0.1) is 0 Å². The van der Waals surface area contributed by atoms with Crippen LogP contribution in [-0.2, 0) is 6.42 Å². The molecule has 2 N–H and O–H groups in total. The first-order chi connectivity index (χ1) is 8.24. The summed E-state index contributed by atoms with van der Waals surface area (Å²) < 4.78 is 5.14. The zero-order valence-electron chi connectivity index (χ0n) is 9.71. The van der Waals surface area contributed by atoms with Gasteiger partial charge in [0.1, 0.15) is 17.3 Å². The van der Waals surface area contributed by atoms with Crippen molar-refractivity contribution in [3.8, 4) is 17.3 Å². The lowest BCUT2D eigenvalue weighted by atomic mass is 10.2. The number of aryl methyl sites for hydroxylation is 1. The van der Waals surface area contributed by atoms with Crippen molar-refractivity contribution in [1.82, 2.24) is 19.9 Å². The highest BCUT2D eigenvalue weighted by atomic mass is 16.5. The predicted octanol–water partition coefficient (Wildman–Crippen LogP) is 1.09. The molecule has 0 aromatic carbocycles. The number of ether oxygens (including phenoxy) is 1. The van der Waals surface area contributed by atoms with Gasteiger partial charge in [-0.25, -0.2) is 19.9 Å². The maximum Gasteiger partial charge on any atom is 0.241 e. The zero-order valence-corrected chi connectivity index (χ0v) is 9.71. The van der Waals surface area contributed by atoms with Crippen molar-refractivity contribution in [3.63, 3.8) is 0 Å². The molecule has 0 bridgehead atoms. The van der Waals surface area contributed by atoms with Crippen molar-refractivity contribution in [2.45, 2.75) is 13.3 Å². The summed E-state index contributed by atoms with van der Waals surface area (Å²) in [7, 11) is 1.54. The van der Waals surface area contributed by atoms with Crippen LogP contribution >= 0.6 is 0 Å². The summed E-state index contributed by atoms with van der Waals surface area (Å²) in [5, 5.41) is 0. The van der Waals surface area contributed by atoms with Crippen LogP contribution in [0.25, 0.3) is 11.4 Å². The average Bonchev–Trinajstić information content (AvgIpc) is 2.37. The molecule has 0 atom stereocenters. The smallest absolute Gasteiger partial charge is 0.241 e. The number of nitrogens with zero attached hydrogens (tertiary/aromatic N) is 4. The van der Waals surface area contributed by atoms with E-state index in [1.54, 1.807) is 25.6 Å². The molecule has 0 aliphatic carbocycles. The van der Waals surface area contributed by atoms with E-state index in [-0.39, 0.29) is 0 Å². The lowest BCUT2D eigenvalue weighted by Crippen LogP contribution is -2.02. The molecule has 0 unspecified atom stereocenters. The van der Waals surface area contributed by atoms with Crippen LogP contribution in [0.1, 0.15) is 12.7 Å². The standard InChI is InChI=1S/C11H13N5O/c1-3-9-15-7(6-8(12)16-9)10-11(17-2)14-5-4-13-10/h4-6H,3H2,1-2H3,(H2,12,15,16). The van der Waals surface area contributed by atoms with E-state index in [9.17, 15) is 0 Å². The maximum atomic E-state index is 5.72. The normalized spacial score (nSPS) is 10.2.